The quantitative estimate of drug-likeness (QED) is 0.356. The predicted molar refractivity (Wildman–Crippen MR) is 68.3 cm³/mol. The fraction of sp³-hybridized carbons (Fsp3) is 0.800. The summed E-state index contributed by atoms with van der Waals surface area (Å²) in [6.45, 7) is 2.41. The zero-order chi connectivity index (χ0) is 12.6. The second-order valence-corrected chi connectivity index (χ2v) is 4.57. The molecule has 0 aliphatic carbocycles. The molecule has 0 aliphatic rings. The molecule has 2 atom stereocenters. The number of ether oxygens (including phenoxy) is 1. The first-order valence-electron chi connectivity index (χ1n) is 5.26. The molecule has 0 unspecified atom stereocenters. The molecule has 0 aromatic heterocycles. The maximum Gasteiger partial charge on any atom is 0.320 e. The van der Waals surface area contributed by atoms with Gasteiger partial charge in [0, 0.05) is 0 Å². The van der Waals surface area contributed by atoms with Crippen LogP contribution < -0.4 is 0 Å². The summed E-state index contributed by atoms with van der Waals surface area (Å²) >= 11 is 7.63. The Labute approximate surface area is 107 Å². The van der Waals surface area contributed by atoms with Crippen molar-refractivity contribution >= 4 is 37.2 Å². The zero-order valence-corrected chi connectivity index (χ0v) is 11.0. The minimum atomic E-state index is -1.17. The van der Waals surface area contributed by atoms with Crippen molar-refractivity contribution in [3.8, 4) is 0 Å². The third-order valence-corrected chi connectivity index (χ3v) is 3.30. The van der Waals surface area contributed by atoms with Gasteiger partial charge in [-0.05, 0) is 6.42 Å². The van der Waals surface area contributed by atoms with Crippen molar-refractivity contribution < 1.29 is 19.4 Å². The molecule has 0 heterocycles. The van der Waals surface area contributed by atoms with Crippen LogP contribution in [0.3, 0.4) is 0 Å². The average Bonchev–Trinajstić information content (AvgIpc) is 2.26. The van der Waals surface area contributed by atoms with E-state index in [1.54, 1.807) is 0 Å². The Kier molecular flexibility index (Phi) is 8.56. The minimum absolute atomic E-state index is 0.315. The zero-order valence-electron chi connectivity index (χ0n) is 9.26. The predicted octanol–water partition coefficient (Wildman–Crippen LogP) is 1.79. The Hall–Kier alpha value is -0.360. The number of hydrogen-bond acceptors (Lipinski definition) is 5. The summed E-state index contributed by atoms with van der Waals surface area (Å²) < 4.78 is 4.89. The number of aliphatic carboxylic acids is 1. The van der Waals surface area contributed by atoms with Crippen molar-refractivity contribution in [1.29, 1.82) is 0 Å². The molecule has 0 aromatic rings. The van der Waals surface area contributed by atoms with Crippen LogP contribution in [0.2, 0.25) is 0 Å². The van der Waals surface area contributed by atoms with Crippen LogP contribution >= 0.6 is 25.3 Å². The number of thiol groups is 2. The Morgan fingerprint density at radius 1 is 1.19 bits per heavy atom. The van der Waals surface area contributed by atoms with Crippen molar-refractivity contribution in [2.45, 2.75) is 43.1 Å². The lowest BCUT2D eigenvalue weighted by Crippen LogP contribution is -2.33. The van der Waals surface area contributed by atoms with E-state index in [9.17, 15) is 9.59 Å². The minimum Gasteiger partial charge on any atom is -0.480 e. The van der Waals surface area contributed by atoms with Crippen LogP contribution in [-0.2, 0) is 14.3 Å². The molecule has 6 heteroatoms. The van der Waals surface area contributed by atoms with Gasteiger partial charge in [-0.25, -0.2) is 0 Å². The molecule has 0 aromatic carbocycles. The van der Waals surface area contributed by atoms with Crippen LogP contribution in [0.5, 0.6) is 0 Å². The monoisotopic (exact) mass is 266 g/mol. The SMILES string of the molecule is CCCCCCOC(=O)[C@H](S)[C@H](S)C(=O)O. The molecule has 1 N–H and O–H groups in total. The maximum atomic E-state index is 11.3. The molecule has 0 fully saturated rings. The molecule has 94 valence electrons. The summed E-state index contributed by atoms with van der Waals surface area (Å²) in [5, 5.41) is 6.46. The highest BCUT2D eigenvalue weighted by Crippen LogP contribution is 2.11. The average molecular weight is 266 g/mol. The molecule has 0 radical (unpaired) electrons. The van der Waals surface area contributed by atoms with Crippen LogP contribution in [0.25, 0.3) is 0 Å². The highest BCUT2D eigenvalue weighted by molar-refractivity contribution is 7.86. The Bertz CT molecular complexity index is 233. The number of hydrogen-bond donors (Lipinski definition) is 3. The third kappa shape index (κ3) is 6.27. The largest absolute Gasteiger partial charge is 0.480 e. The first kappa shape index (κ1) is 15.6. The van der Waals surface area contributed by atoms with Gasteiger partial charge in [0.25, 0.3) is 0 Å². The van der Waals surface area contributed by atoms with Crippen molar-refractivity contribution in [2.75, 3.05) is 6.61 Å². The van der Waals surface area contributed by atoms with E-state index in [0.717, 1.165) is 25.7 Å². The van der Waals surface area contributed by atoms with Gasteiger partial charge in [-0.15, -0.1) is 0 Å². The van der Waals surface area contributed by atoms with E-state index in [4.69, 9.17) is 9.84 Å². The van der Waals surface area contributed by atoms with Crippen molar-refractivity contribution in [1.82, 2.24) is 0 Å². The standard InChI is InChI=1S/C10H18O4S2/c1-2-3-4-5-6-14-10(13)8(16)7(15)9(11)12/h7-8,15-16H,2-6H2,1H3,(H,11,12)/t7-,8+/m0/s1. The number of unbranched alkanes of at least 4 members (excludes halogenated alkanes) is 3. The smallest absolute Gasteiger partial charge is 0.320 e. The number of carboxylic acid groups (broad SMARTS) is 1. The van der Waals surface area contributed by atoms with Gasteiger partial charge in [0.2, 0.25) is 0 Å². The number of carbonyl (C=O) groups excluding carboxylic acids is 1. The molecule has 0 spiro atoms. The lowest BCUT2D eigenvalue weighted by atomic mass is 10.2. The van der Waals surface area contributed by atoms with Crippen molar-refractivity contribution in [2.24, 2.45) is 0 Å². The summed E-state index contributed by atoms with van der Waals surface area (Å²) in [6.07, 6.45) is 4.02. The normalized spacial score (nSPS) is 14.2. The van der Waals surface area contributed by atoms with E-state index in [1.165, 1.54) is 0 Å². The van der Waals surface area contributed by atoms with Gasteiger partial charge >= 0.3 is 11.9 Å². The first-order valence-corrected chi connectivity index (χ1v) is 6.29. The molecule has 0 saturated carbocycles. The van der Waals surface area contributed by atoms with E-state index in [0.29, 0.717) is 6.61 Å². The maximum absolute atomic E-state index is 11.3. The van der Waals surface area contributed by atoms with Crippen molar-refractivity contribution in [3.63, 3.8) is 0 Å². The first-order chi connectivity index (χ1) is 7.50. The van der Waals surface area contributed by atoms with Crippen LogP contribution in [0.15, 0.2) is 0 Å². The second-order valence-electron chi connectivity index (χ2n) is 3.46. The van der Waals surface area contributed by atoms with E-state index in [2.05, 4.69) is 32.2 Å². The highest BCUT2D eigenvalue weighted by Gasteiger charge is 2.28. The third-order valence-electron chi connectivity index (χ3n) is 2.04. The lowest BCUT2D eigenvalue weighted by Gasteiger charge is -2.13. The Balaban J connectivity index is 3.75. The molecule has 4 nitrogen and oxygen atoms in total. The number of carboxylic acids is 1. The van der Waals surface area contributed by atoms with Gasteiger partial charge in [-0.2, -0.15) is 25.3 Å². The van der Waals surface area contributed by atoms with Gasteiger partial charge in [0.1, 0.15) is 10.5 Å². The van der Waals surface area contributed by atoms with Gasteiger partial charge in [0.15, 0.2) is 0 Å². The fourth-order valence-electron chi connectivity index (χ4n) is 1.05. The highest BCUT2D eigenvalue weighted by atomic mass is 32.1. The molecule has 0 rings (SSSR count). The van der Waals surface area contributed by atoms with Gasteiger partial charge < -0.3 is 9.84 Å². The van der Waals surface area contributed by atoms with Gasteiger partial charge in [-0.3, -0.25) is 9.59 Å². The van der Waals surface area contributed by atoms with Gasteiger partial charge in [-0.1, -0.05) is 26.2 Å². The molecule has 0 bridgehead atoms. The van der Waals surface area contributed by atoms with E-state index >= 15 is 0 Å². The Morgan fingerprint density at radius 3 is 2.31 bits per heavy atom. The van der Waals surface area contributed by atoms with Crippen LogP contribution in [0.4, 0.5) is 0 Å². The summed E-state index contributed by atoms with van der Waals surface area (Å²) in [4.78, 5) is 21.8. The molecular weight excluding hydrogens is 248 g/mol. The lowest BCUT2D eigenvalue weighted by molar-refractivity contribution is -0.146. The van der Waals surface area contributed by atoms with Crippen LogP contribution in [0, 0.1) is 0 Å². The van der Waals surface area contributed by atoms with Crippen LogP contribution in [0.1, 0.15) is 32.6 Å². The molecular formula is C10H18O4S2. The molecule has 0 aliphatic heterocycles. The molecule has 0 saturated heterocycles. The van der Waals surface area contributed by atoms with Gasteiger partial charge in [0.05, 0.1) is 6.61 Å². The Morgan fingerprint density at radius 2 is 1.81 bits per heavy atom. The number of rotatable bonds is 8. The summed E-state index contributed by atoms with van der Waals surface area (Å²) in [7, 11) is 0. The van der Waals surface area contributed by atoms with E-state index < -0.39 is 22.4 Å². The molecule has 0 amide bonds. The van der Waals surface area contributed by atoms with E-state index in [-0.39, 0.29) is 0 Å². The summed E-state index contributed by atoms with van der Waals surface area (Å²) in [5.41, 5.74) is 0. The number of carbonyl (C=O) groups is 2. The number of esters is 1. The van der Waals surface area contributed by atoms with E-state index in [1.807, 2.05) is 0 Å². The van der Waals surface area contributed by atoms with Crippen molar-refractivity contribution in [3.05, 3.63) is 0 Å². The molecule has 16 heavy (non-hydrogen) atoms. The van der Waals surface area contributed by atoms with Crippen LogP contribution in [-0.4, -0.2) is 34.2 Å². The second kappa shape index (κ2) is 8.75. The topological polar surface area (TPSA) is 63.6 Å². The summed E-state index contributed by atoms with van der Waals surface area (Å²) in [5.74, 6) is -1.80. The summed E-state index contributed by atoms with van der Waals surface area (Å²) in [6, 6.07) is 0. The fourth-order valence-corrected chi connectivity index (χ4v) is 1.37.